The van der Waals surface area contributed by atoms with E-state index in [0.29, 0.717) is 0 Å². The molecule has 0 rings (SSSR count). The molecule has 0 heterocycles. The van der Waals surface area contributed by atoms with Gasteiger partial charge in [0.25, 0.3) is 0 Å². The highest BCUT2D eigenvalue weighted by atomic mass is 28.4. The molecule has 12 heavy (non-hydrogen) atoms. The average Bonchev–Trinajstić information content (AvgIpc) is 1.49. The van der Waals surface area contributed by atoms with Crippen LogP contribution in [0.2, 0.25) is 19.1 Å². The number of rotatable bonds is 2. The minimum atomic E-state index is -2.54. The summed E-state index contributed by atoms with van der Waals surface area (Å²) >= 11 is 0. The Morgan fingerprint density at radius 3 is 2.00 bits per heavy atom. The number of ether oxygens (including phenoxy) is 1. The summed E-state index contributed by atoms with van der Waals surface area (Å²) in [5.74, 6) is -0.367. The first kappa shape index (κ1) is 11.6. The Labute approximate surface area is 74.9 Å². The maximum absolute atomic E-state index is 11.2. The van der Waals surface area contributed by atoms with Crippen LogP contribution in [0.1, 0.15) is 20.8 Å². The summed E-state index contributed by atoms with van der Waals surface area (Å²) in [6, 6.07) is 0.0598. The van der Waals surface area contributed by atoms with E-state index in [2.05, 4.69) is 0 Å². The Morgan fingerprint density at radius 2 is 1.75 bits per heavy atom. The van der Waals surface area contributed by atoms with Crippen molar-refractivity contribution in [1.29, 1.82) is 0 Å². The Morgan fingerprint density at radius 1 is 1.33 bits per heavy atom. The first-order valence-electron chi connectivity index (χ1n) is 4.02. The Kier molecular flexibility index (Phi) is 3.47. The van der Waals surface area contributed by atoms with E-state index in [1.165, 1.54) is 0 Å². The van der Waals surface area contributed by atoms with E-state index in [4.69, 9.17) is 4.74 Å². The van der Waals surface area contributed by atoms with Crippen molar-refractivity contribution >= 4 is 14.3 Å². The second-order valence-corrected chi connectivity index (χ2v) is 8.40. The van der Waals surface area contributed by atoms with Crippen LogP contribution in [0, 0.1) is 0 Å². The Hall–Kier alpha value is -0.353. The lowest BCUT2D eigenvalue weighted by Crippen LogP contribution is -2.32. The van der Waals surface area contributed by atoms with Gasteiger partial charge in [-0.15, -0.1) is 0 Å². The van der Waals surface area contributed by atoms with E-state index >= 15 is 0 Å². The van der Waals surface area contributed by atoms with Gasteiger partial charge in [0.05, 0.1) is 6.04 Å². The molecule has 0 unspecified atom stereocenters. The van der Waals surface area contributed by atoms with Gasteiger partial charge in [-0.2, -0.15) is 0 Å². The van der Waals surface area contributed by atoms with Crippen LogP contribution in [0.25, 0.3) is 0 Å². The van der Waals surface area contributed by atoms with Gasteiger partial charge in [-0.25, -0.2) is 0 Å². The van der Waals surface area contributed by atoms with E-state index < -0.39 is 13.9 Å². The zero-order chi connectivity index (χ0) is 9.99. The maximum atomic E-state index is 11.2. The summed E-state index contributed by atoms with van der Waals surface area (Å²) in [6.07, 6.45) is 0. The number of hydrogen-bond acceptors (Lipinski definition) is 2. The zero-order valence-electron chi connectivity index (χ0n) is 8.43. The molecule has 4 heteroatoms. The lowest BCUT2D eigenvalue weighted by molar-refractivity contribution is -0.152. The van der Waals surface area contributed by atoms with Crippen molar-refractivity contribution in [3.05, 3.63) is 0 Å². The molecule has 0 aliphatic heterocycles. The quantitative estimate of drug-likeness (QED) is 0.492. The predicted molar refractivity (Wildman–Crippen MR) is 48.8 cm³/mol. The summed E-state index contributed by atoms with van der Waals surface area (Å²) in [6.45, 7) is 8.60. The monoisotopic (exact) mass is 189 g/mol. The standard InChI is InChI=1S/C8H17O3Si/c1-8(2,3)11-7(9)6-12(4,5)10/h6H2,1-5H3. The van der Waals surface area contributed by atoms with E-state index in [1.807, 2.05) is 0 Å². The van der Waals surface area contributed by atoms with Gasteiger partial charge >= 0.3 is 5.97 Å². The molecule has 0 bridgehead atoms. The van der Waals surface area contributed by atoms with E-state index in [1.54, 1.807) is 33.9 Å². The third kappa shape index (κ3) is 7.75. The number of esters is 1. The highest BCUT2D eigenvalue weighted by Crippen LogP contribution is 2.12. The molecule has 0 amide bonds. The van der Waals surface area contributed by atoms with Crippen LogP contribution in [0.5, 0.6) is 0 Å². The van der Waals surface area contributed by atoms with Crippen molar-refractivity contribution in [3.8, 4) is 0 Å². The van der Waals surface area contributed by atoms with Crippen molar-refractivity contribution < 1.29 is 14.3 Å². The fourth-order valence-electron chi connectivity index (χ4n) is 0.725. The topological polar surface area (TPSA) is 46.2 Å². The molecule has 0 aromatic heterocycles. The summed E-state index contributed by atoms with van der Waals surface area (Å²) in [4.78, 5) is 22.3. The van der Waals surface area contributed by atoms with Crippen molar-refractivity contribution in [1.82, 2.24) is 0 Å². The summed E-state index contributed by atoms with van der Waals surface area (Å²) in [5.41, 5.74) is -0.475. The molecule has 71 valence electrons. The van der Waals surface area contributed by atoms with Crippen molar-refractivity contribution in [2.45, 2.75) is 45.5 Å². The van der Waals surface area contributed by atoms with E-state index in [9.17, 15) is 9.59 Å². The molecular formula is C8H17O3Si. The molecule has 1 radical (unpaired) electrons. The molecule has 0 spiro atoms. The Balaban J connectivity index is 3.92. The fourth-order valence-corrected chi connectivity index (χ4v) is 1.49. The van der Waals surface area contributed by atoms with Crippen LogP contribution >= 0.6 is 0 Å². The minimum Gasteiger partial charge on any atom is -0.460 e. The average molecular weight is 189 g/mol. The van der Waals surface area contributed by atoms with Crippen LogP contribution in [0.3, 0.4) is 0 Å². The van der Waals surface area contributed by atoms with Crippen molar-refractivity contribution in [2.75, 3.05) is 0 Å². The van der Waals surface area contributed by atoms with Gasteiger partial charge in [-0.05, 0) is 33.9 Å². The normalized spacial score (nSPS) is 12.8. The first-order valence-corrected chi connectivity index (χ1v) is 7.14. The summed E-state index contributed by atoms with van der Waals surface area (Å²) in [5, 5.41) is 0. The van der Waals surface area contributed by atoms with Crippen LogP contribution in [-0.2, 0) is 14.3 Å². The Bertz CT molecular complexity index is 146. The van der Waals surface area contributed by atoms with Gasteiger partial charge < -0.3 is 4.74 Å². The van der Waals surface area contributed by atoms with Gasteiger partial charge in [0.1, 0.15) is 5.60 Å². The highest BCUT2D eigenvalue weighted by molar-refractivity contribution is 6.72. The van der Waals surface area contributed by atoms with E-state index in [-0.39, 0.29) is 12.0 Å². The largest absolute Gasteiger partial charge is 0.460 e. The number of carbonyl (C=O) groups excluding carboxylic acids is 1. The molecule has 0 saturated carbocycles. The highest BCUT2D eigenvalue weighted by Gasteiger charge is 2.27. The number of carbonyl (C=O) groups is 1. The second kappa shape index (κ2) is 3.58. The van der Waals surface area contributed by atoms with Crippen LogP contribution < -0.4 is 0 Å². The molecule has 0 aliphatic rings. The molecule has 0 aromatic carbocycles. The number of hydrogen-bond donors (Lipinski definition) is 0. The minimum absolute atomic E-state index is 0.0598. The molecular weight excluding hydrogens is 172 g/mol. The van der Waals surface area contributed by atoms with Crippen LogP contribution in [-0.4, -0.2) is 19.9 Å². The molecule has 0 saturated heterocycles. The third-order valence-corrected chi connectivity index (χ3v) is 2.13. The van der Waals surface area contributed by atoms with Gasteiger partial charge in [0, 0.05) is 0 Å². The first-order chi connectivity index (χ1) is 5.10. The second-order valence-electron chi connectivity index (χ2n) is 4.52. The van der Waals surface area contributed by atoms with Gasteiger partial charge in [0.15, 0.2) is 0 Å². The summed E-state index contributed by atoms with van der Waals surface area (Å²) < 4.78 is 5.01. The maximum Gasteiger partial charge on any atom is 0.306 e. The molecule has 0 aliphatic carbocycles. The third-order valence-electron chi connectivity index (χ3n) is 0.990. The molecule has 3 nitrogen and oxygen atoms in total. The molecule has 0 N–H and O–H groups in total. The molecule has 0 aromatic rings. The van der Waals surface area contributed by atoms with Crippen LogP contribution in [0.15, 0.2) is 0 Å². The zero-order valence-corrected chi connectivity index (χ0v) is 9.43. The molecule has 0 fully saturated rings. The smallest absolute Gasteiger partial charge is 0.306 e. The fraction of sp³-hybridized carbons (Fsp3) is 0.875. The lowest BCUT2D eigenvalue weighted by Gasteiger charge is -2.21. The van der Waals surface area contributed by atoms with Gasteiger partial charge in [-0.1, -0.05) is 0 Å². The lowest BCUT2D eigenvalue weighted by atomic mass is 10.2. The van der Waals surface area contributed by atoms with Crippen molar-refractivity contribution in [2.24, 2.45) is 0 Å². The summed E-state index contributed by atoms with van der Waals surface area (Å²) in [7, 11) is -2.54. The van der Waals surface area contributed by atoms with Gasteiger partial charge in [-0.3, -0.25) is 9.59 Å². The SMILES string of the molecule is CC(C)(C)OC(=O)C[Si](C)(C)[O]. The van der Waals surface area contributed by atoms with Crippen molar-refractivity contribution in [3.63, 3.8) is 0 Å². The van der Waals surface area contributed by atoms with Gasteiger partial charge in [0.2, 0.25) is 8.32 Å². The predicted octanol–water partition coefficient (Wildman–Crippen LogP) is 1.96. The molecule has 0 atom stereocenters. The van der Waals surface area contributed by atoms with Crippen LogP contribution in [0.4, 0.5) is 0 Å². The van der Waals surface area contributed by atoms with E-state index in [0.717, 1.165) is 0 Å².